The van der Waals surface area contributed by atoms with Crippen molar-refractivity contribution in [1.29, 1.82) is 0 Å². The van der Waals surface area contributed by atoms with Gasteiger partial charge in [0.25, 0.3) is 0 Å². The van der Waals surface area contributed by atoms with Gasteiger partial charge in [0.1, 0.15) is 0 Å². The fourth-order valence-corrected chi connectivity index (χ4v) is 3.47. The molecule has 0 bridgehead atoms. The van der Waals surface area contributed by atoms with Gasteiger partial charge in [0.05, 0.1) is 52.9 Å². The van der Waals surface area contributed by atoms with Crippen molar-refractivity contribution in [3.8, 4) is 24.2 Å². The SMILES string of the molecule is C#Cc1ccc(C#Cc2ccc(N3CCOCCOCCN(C)CCOCCOCC3)cc2)cc1. The van der Waals surface area contributed by atoms with Crippen LogP contribution in [0, 0.1) is 24.2 Å². The second kappa shape index (κ2) is 15.9. The van der Waals surface area contributed by atoms with E-state index in [2.05, 4.69) is 46.7 Å². The van der Waals surface area contributed by atoms with Gasteiger partial charge in [-0.2, -0.15) is 0 Å². The molecule has 0 amide bonds. The van der Waals surface area contributed by atoms with Crippen LogP contribution in [0.1, 0.15) is 16.7 Å². The highest BCUT2D eigenvalue weighted by Crippen LogP contribution is 2.15. The Hall–Kier alpha value is -2.84. The smallest absolute Gasteiger partial charge is 0.0701 e. The topological polar surface area (TPSA) is 43.4 Å². The lowest BCUT2D eigenvalue weighted by Gasteiger charge is -2.25. The highest BCUT2D eigenvalue weighted by atomic mass is 16.5. The molecule has 1 saturated heterocycles. The van der Waals surface area contributed by atoms with Crippen molar-refractivity contribution in [2.24, 2.45) is 0 Å². The van der Waals surface area contributed by atoms with E-state index >= 15 is 0 Å². The molecule has 0 atom stereocenters. The number of benzene rings is 2. The molecule has 6 nitrogen and oxygen atoms in total. The molecule has 1 fully saturated rings. The molecule has 1 heterocycles. The largest absolute Gasteiger partial charge is 0.378 e. The first-order chi connectivity index (χ1) is 17.2. The molecule has 186 valence electrons. The minimum absolute atomic E-state index is 0.591. The Balaban J connectivity index is 1.55. The van der Waals surface area contributed by atoms with E-state index in [4.69, 9.17) is 25.4 Å². The van der Waals surface area contributed by atoms with Gasteiger partial charge in [-0.05, 0) is 55.6 Å². The second-order valence-electron chi connectivity index (χ2n) is 8.26. The normalized spacial score (nSPS) is 17.9. The Morgan fingerprint density at radius 3 is 1.43 bits per heavy atom. The number of hydrogen-bond donors (Lipinski definition) is 0. The number of nitrogens with zero attached hydrogens (tertiary/aromatic N) is 2. The van der Waals surface area contributed by atoms with Gasteiger partial charge in [0.15, 0.2) is 0 Å². The minimum Gasteiger partial charge on any atom is -0.378 e. The third-order valence-corrected chi connectivity index (χ3v) is 5.62. The fourth-order valence-electron chi connectivity index (χ4n) is 3.47. The molecule has 0 N–H and O–H groups in total. The summed E-state index contributed by atoms with van der Waals surface area (Å²) >= 11 is 0. The summed E-state index contributed by atoms with van der Waals surface area (Å²) in [5, 5.41) is 0. The summed E-state index contributed by atoms with van der Waals surface area (Å²) in [6.45, 7) is 8.34. The Morgan fingerprint density at radius 1 is 0.571 bits per heavy atom. The molecule has 35 heavy (non-hydrogen) atoms. The zero-order chi connectivity index (χ0) is 24.6. The molecule has 0 unspecified atom stereocenters. The molecule has 1 aliphatic rings. The first kappa shape index (κ1) is 26.8. The van der Waals surface area contributed by atoms with E-state index in [1.165, 1.54) is 0 Å². The summed E-state index contributed by atoms with van der Waals surface area (Å²) in [5.74, 6) is 9.03. The van der Waals surface area contributed by atoms with Crippen LogP contribution in [0.4, 0.5) is 5.69 Å². The lowest BCUT2D eigenvalue weighted by Crippen LogP contribution is -2.32. The number of likely N-dealkylation sites (N-methyl/N-ethyl adjacent to an activating group) is 1. The molecule has 0 aliphatic carbocycles. The van der Waals surface area contributed by atoms with Gasteiger partial charge in [-0.3, -0.25) is 0 Å². The van der Waals surface area contributed by atoms with Gasteiger partial charge in [0.2, 0.25) is 0 Å². The first-order valence-electron chi connectivity index (χ1n) is 12.2. The third kappa shape index (κ3) is 10.5. The summed E-state index contributed by atoms with van der Waals surface area (Å²) in [5.41, 5.74) is 3.87. The van der Waals surface area contributed by atoms with Gasteiger partial charge in [0, 0.05) is 48.6 Å². The van der Waals surface area contributed by atoms with Crippen molar-refractivity contribution in [3.05, 3.63) is 65.2 Å². The Labute approximate surface area is 210 Å². The molecule has 0 radical (unpaired) electrons. The molecule has 2 aromatic rings. The minimum atomic E-state index is 0.591. The van der Waals surface area contributed by atoms with Crippen LogP contribution in [0.2, 0.25) is 0 Å². The molecule has 1 aliphatic heterocycles. The van der Waals surface area contributed by atoms with Crippen molar-refractivity contribution in [2.45, 2.75) is 0 Å². The van der Waals surface area contributed by atoms with E-state index in [9.17, 15) is 0 Å². The average Bonchev–Trinajstić information content (AvgIpc) is 2.89. The monoisotopic (exact) mass is 476 g/mol. The molecule has 0 saturated carbocycles. The fraction of sp³-hybridized carbons (Fsp3) is 0.448. The van der Waals surface area contributed by atoms with E-state index in [1.807, 2.05) is 36.4 Å². The van der Waals surface area contributed by atoms with E-state index in [1.54, 1.807) is 0 Å². The van der Waals surface area contributed by atoms with Crippen LogP contribution < -0.4 is 4.90 Å². The van der Waals surface area contributed by atoms with Crippen LogP contribution in [0.3, 0.4) is 0 Å². The summed E-state index contributed by atoms with van der Waals surface area (Å²) < 4.78 is 23.0. The van der Waals surface area contributed by atoms with Crippen LogP contribution in [0.5, 0.6) is 0 Å². The van der Waals surface area contributed by atoms with E-state index in [0.717, 1.165) is 48.6 Å². The number of ether oxygens (including phenoxy) is 4. The highest BCUT2D eigenvalue weighted by molar-refractivity contribution is 5.52. The predicted octanol–water partition coefficient (Wildman–Crippen LogP) is 2.89. The first-order valence-corrected chi connectivity index (χ1v) is 12.2. The van der Waals surface area contributed by atoms with Crippen molar-refractivity contribution in [2.75, 3.05) is 91.0 Å². The van der Waals surface area contributed by atoms with Crippen molar-refractivity contribution >= 4 is 5.69 Å². The van der Waals surface area contributed by atoms with Gasteiger partial charge in [-0.1, -0.05) is 17.8 Å². The lowest BCUT2D eigenvalue weighted by molar-refractivity contribution is 0.0264. The molecule has 3 rings (SSSR count). The van der Waals surface area contributed by atoms with E-state index in [0.29, 0.717) is 52.9 Å². The van der Waals surface area contributed by atoms with Crippen LogP contribution >= 0.6 is 0 Å². The summed E-state index contributed by atoms with van der Waals surface area (Å²) in [4.78, 5) is 4.48. The van der Waals surface area contributed by atoms with Gasteiger partial charge >= 0.3 is 0 Å². The molecule has 2 aromatic carbocycles. The number of rotatable bonds is 1. The molecular formula is C29H36N2O4. The maximum absolute atomic E-state index is 5.81. The van der Waals surface area contributed by atoms with E-state index < -0.39 is 0 Å². The Kier molecular flexibility index (Phi) is 12.2. The van der Waals surface area contributed by atoms with E-state index in [-0.39, 0.29) is 0 Å². The summed E-state index contributed by atoms with van der Waals surface area (Å²) in [7, 11) is 2.07. The summed E-state index contributed by atoms with van der Waals surface area (Å²) in [6.07, 6.45) is 5.41. The standard InChI is InChI=1S/C29H36N2O4/c1-3-26-4-6-27(7-5-26)8-9-28-10-12-29(13-11-28)31-16-20-34-24-22-32-18-14-30(2)15-19-33-23-25-35-21-17-31/h1,4-7,10-13H,14-25H2,2H3. The van der Waals surface area contributed by atoms with Crippen molar-refractivity contribution in [3.63, 3.8) is 0 Å². The number of anilines is 1. The van der Waals surface area contributed by atoms with Crippen LogP contribution in [0.15, 0.2) is 48.5 Å². The third-order valence-electron chi connectivity index (χ3n) is 5.62. The molecule has 0 aromatic heterocycles. The average molecular weight is 477 g/mol. The van der Waals surface area contributed by atoms with Crippen molar-refractivity contribution in [1.82, 2.24) is 4.90 Å². The summed E-state index contributed by atoms with van der Waals surface area (Å²) in [6, 6.07) is 16.0. The van der Waals surface area contributed by atoms with Crippen LogP contribution in [-0.4, -0.2) is 91.0 Å². The maximum Gasteiger partial charge on any atom is 0.0701 e. The van der Waals surface area contributed by atoms with Crippen molar-refractivity contribution < 1.29 is 18.9 Å². The molecular weight excluding hydrogens is 440 g/mol. The highest BCUT2D eigenvalue weighted by Gasteiger charge is 2.07. The Bertz CT molecular complexity index is 937. The van der Waals surface area contributed by atoms with Crippen LogP contribution in [0.25, 0.3) is 0 Å². The number of hydrogen-bond acceptors (Lipinski definition) is 6. The lowest BCUT2D eigenvalue weighted by atomic mass is 10.1. The zero-order valence-electron chi connectivity index (χ0n) is 20.7. The zero-order valence-corrected chi connectivity index (χ0v) is 20.7. The predicted molar refractivity (Wildman–Crippen MR) is 140 cm³/mol. The molecule has 0 spiro atoms. The van der Waals surface area contributed by atoms with Gasteiger partial charge < -0.3 is 28.7 Å². The van der Waals surface area contributed by atoms with Crippen LogP contribution in [-0.2, 0) is 18.9 Å². The Morgan fingerprint density at radius 2 is 0.971 bits per heavy atom. The molecule has 6 heteroatoms. The van der Waals surface area contributed by atoms with Gasteiger partial charge in [-0.25, -0.2) is 0 Å². The maximum atomic E-state index is 5.81. The quantitative estimate of drug-likeness (QED) is 0.590. The van der Waals surface area contributed by atoms with Gasteiger partial charge in [-0.15, -0.1) is 6.42 Å². The second-order valence-corrected chi connectivity index (χ2v) is 8.26. The number of terminal acetylenes is 1.